The molecule has 1 aromatic carbocycles. The normalized spacial score (nSPS) is 17.6. The Morgan fingerprint density at radius 1 is 1.47 bits per heavy atom. The number of nitrogens with two attached hydrogens (primary N) is 1. The van der Waals surface area contributed by atoms with Crippen molar-refractivity contribution in [3.05, 3.63) is 46.3 Å². The van der Waals surface area contributed by atoms with Gasteiger partial charge in [0.25, 0.3) is 5.91 Å². The van der Waals surface area contributed by atoms with Gasteiger partial charge in [0.15, 0.2) is 4.67 Å². The molecule has 0 aliphatic carbocycles. The third-order valence-electron chi connectivity index (χ3n) is 3.39. The van der Waals surface area contributed by atoms with E-state index in [4.69, 9.17) is 10.2 Å². The molecular weight excluding hydrogens is 308 g/mol. The van der Waals surface area contributed by atoms with Gasteiger partial charge in [0.1, 0.15) is 0 Å². The van der Waals surface area contributed by atoms with E-state index in [9.17, 15) is 4.79 Å². The number of benzene rings is 1. The van der Waals surface area contributed by atoms with Crippen LogP contribution in [0.5, 0.6) is 0 Å². The first kappa shape index (κ1) is 12.3. The molecule has 1 amide bonds. The summed E-state index contributed by atoms with van der Waals surface area (Å²) in [5, 5.41) is 0. The predicted molar refractivity (Wildman–Crippen MR) is 77.2 cm³/mol. The molecule has 2 heterocycles. The lowest BCUT2D eigenvalue weighted by atomic mass is 10.1. The quantitative estimate of drug-likeness (QED) is 0.821. The first-order valence-corrected chi connectivity index (χ1v) is 6.82. The summed E-state index contributed by atoms with van der Waals surface area (Å²) in [4.78, 5) is 14.4. The van der Waals surface area contributed by atoms with E-state index >= 15 is 0 Å². The van der Waals surface area contributed by atoms with Crippen molar-refractivity contribution in [2.24, 2.45) is 0 Å². The van der Waals surface area contributed by atoms with Crippen molar-refractivity contribution in [2.75, 3.05) is 10.6 Å². The van der Waals surface area contributed by atoms with Crippen LogP contribution in [0.4, 0.5) is 11.4 Å². The lowest BCUT2D eigenvalue weighted by Gasteiger charge is -2.22. The molecule has 1 aliphatic rings. The number of rotatable bonds is 1. The van der Waals surface area contributed by atoms with Crippen molar-refractivity contribution in [3.63, 3.8) is 0 Å². The van der Waals surface area contributed by atoms with Crippen molar-refractivity contribution >= 4 is 33.2 Å². The van der Waals surface area contributed by atoms with Gasteiger partial charge in [-0.3, -0.25) is 4.79 Å². The number of nitrogen functional groups attached to an aromatic ring is 1. The fraction of sp³-hybridized carbons (Fsp3) is 0.214. The van der Waals surface area contributed by atoms with Crippen LogP contribution in [-0.2, 0) is 6.42 Å². The van der Waals surface area contributed by atoms with Crippen LogP contribution in [0, 0.1) is 0 Å². The molecule has 2 aromatic rings. The van der Waals surface area contributed by atoms with E-state index < -0.39 is 0 Å². The second-order valence-electron chi connectivity index (χ2n) is 4.72. The molecule has 0 spiro atoms. The van der Waals surface area contributed by atoms with E-state index in [-0.39, 0.29) is 11.9 Å². The van der Waals surface area contributed by atoms with E-state index in [1.54, 1.807) is 11.0 Å². The highest BCUT2D eigenvalue weighted by Gasteiger charge is 2.32. The number of nitrogens with zero attached hydrogens (tertiary/aromatic N) is 1. The van der Waals surface area contributed by atoms with Gasteiger partial charge in [-0.1, -0.05) is 0 Å². The number of amides is 1. The first-order chi connectivity index (χ1) is 9.08. The van der Waals surface area contributed by atoms with E-state index in [0.717, 1.165) is 23.4 Å². The Hall–Kier alpha value is -1.75. The summed E-state index contributed by atoms with van der Waals surface area (Å²) in [5.74, 6) is -0.0587. The van der Waals surface area contributed by atoms with Crippen LogP contribution in [0.2, 0.25) is 0 Å². The molecule has 4 nitrogen and oxygen atoms in total. The standard InChI is InChI=1S/C14H13BrN2O2/c1-8-6-9-7-10(16)2-3-12(9)17(8)14(18)11-4-5-19-13(11)15/h2-5,7-8H,6,16H2,1H3. The molecule has 98 valence electrons. The summed E-state index contributed by atoms with van der Waals surface area (Å²) >= 11 is 3.25. The topological polar surface area (TPSA) is 59.5 Å². The Balaban J connectivity index is 2.03. The van der Waals surface area contributed by atoms with Gasteiger partial charge in [0, 0.05) is 17.4 Å². The van der Waals surface area contributed by atoms with Crippen molar-refractivity contribution in [1.29, 1.82) is 0 Å². The Morgan fingerprint density at radius 3 is 2.95 bits per heavy atom. The number of furan rings is 1. The van der Waals surface area contributed by atoms with Gasteiger partial charge in [0.05, 0.1) is 11.8 Å². The number of halogens is 1. The van der Waals surface area contributed by atoms with Gasteiger partial charge >= 0.3 is 0 Å². The molecule has 1 aromatic heterocycles. The summed E-state index contributed by atoms with van der Waals surface area (Å²) in [7, 11) is 0. The number of hydrogen-bond acceptors (Lipinski definition) is 3. The monoisotopic (exact) mass is 320 g/mol. The Kier molecular flexibility index (Phi) is 2.86. The molecule has 0 saturated carbocycles. The zero-order chi connectivity index (χ0) is 13.6. The van der Waals surface area contributed by atoms with Crippen LogP contribution in [0.3, 0.4) is 0 Å². The molecule has 0 fully saturated rings. The van der Waals surface area contributed by atoms with Crippen LogP contribution in [0.1, 0.15) is 22.8 Å². The third-order valence-corrected chi connectivity index (χ3v) is 4.00. The van der Waals surface area contributed by atoms with Gasteiger partial charge in [0.2, 0.25) is 0 Å². The molecule has 0 saturated heterocycles. The first-order valence-electron chi connectivity index (χ1n) is 6.03. The highest BCUT2D eigenvalue weighted by atomic mass is 79.9. The minimum absolute atomic E-state index is 0.0587. The number of carbonyl (C=O) groups excluding carboxylic acids is 1. The average molecular weight is 321 g/mol. The maximum atomic E-state index is 12.6. The second-order valence-corrected chi connectivity index (χ2v) is 5.44. The second kappa shape index (κ2) is 4.42. The molecule has 3 rings (SSSR count). The molecule has 5 heteroatoms. The van der Waals surface area contributed by atoms with Crippen LogP contribution in [0.15, 0.2) is 39.6 Å². The molecule has 1 atom stereocenters. The van der Waals surface area contributed by atoms with Gasteiger partial charge in [-0.25, -0.2) is 0 Å². The summed E-state index contributed by atoms with van der Waals surface area (Å²) in [6.45, 7) is 2.03. The minimum atomic E-state index is -0.0587. The molecule has 2 N–H and O–H groups in total. The molecule has 1 aliphatic heterocycles. The molecule has 19 heavy (non-hydrogen) atoms. The predicted octanol–water partition coefficient (Wildman–Crippen LogP) is 3.22. The van der Waals surface area contributed by atoms with E-state index in [2.05, 4.69) is 15.9 Å². The van der Waals surface area contributed by atoms with E-state index in [1.165, 1.54) is 6.26 Å². The molecule has 0 radical (unpaired) electrons. The maximum Gasteiger partial charge on any atom is 0.263 e. The van der Waals surface area contributed by atoms with Crippen LogP contribution in [-0.4, -0.2) is 11.9 Å². The Labute approximate surface area is 119 Å². The van der Waals surface area contributed by atoms with Gasteiger partial charge in [-0.15, -0.1) is 0 Å². The third kappa shape index (κ3) is 1.94. The fourth-order valence-corrected chi connectivity index (χ4v) is 2.95. The minimum Gasteiger partial charge on any atom is -0.457 e. The molecule has 0 bridgehead atoms. The van der Waals surface area contributed by atoms with Crippen LogP contribution < -0.4 is 10.6 Å². The maximum absolute atomic E-state index is 12.6. The highest BCUT2D eigenvalue weighted by Crippen LogP contribution is 2.35. The average Bonchev–Trinajstić information content (AvgIpc) is 2.90. The Bertz CT molecular complexity index is 651. The van der Waals surface area contributed by atoms with Gasteiger partial charge < -0.3 is 15.1 Å². The van der Waals surface area contributed by atoms with E-state index in [1.807, 2.05) is 25.1 Å². The smallest absolute Gasteiger partial charge is 0.263 e. The fourth-order valence-electron chi connectivity index (χ4n) is 2.54. The number of fused-ring (bicyclic) bond motifs is 1. The van der Waals surface area contributed by atoms with Gasteiger partial charge in [-0.05, 0) is 59.1 Å². The van der Waals surface area contributed by atoms with E-state index in [0.29, 0.717) is 10.2 Å². The van der Waals surface area contributed by atoms with Crippen molar-refractivity contribution in [2.45, 2.75) is 19.4 Å². The van der Waals surface area contributed by atoms with Crippen molar-refractivity contribution < 1.29 is 9.21 Å². The molecular formula is C14H13BrN2O2. The van der Waals surface area contributed by atoms with Crippen molar-refractivity contribution in [3.8, 4) is 0 Å². The summed E-state index contributed by atoms with van der Waals surface area (Å²) in [6, 6.07) is 7.45. The van der Waals surface area contributed by atoms with Crippen LogP contribution >= 0.6 is 15.9 Å². The zero-order valence-corrected chi connectivity index (χ0v) is 12.0. The number of hydrogen-bond donors (Lipinski definition) is 1. The Morgan fingerprint density at radius 2 is 2.26 bits per heavy atom. The lowest BCUT2D eigenvalue weighted by Crippen LogP contribution is -2.35. The highest BCUT2D eigenvalue weighted by molar-refractivity contribution is 9.10. The van der Waals surface area contributed by atoms with Crippen molar-refractivity contribution in [1.82, 2.24) is 0 Å². The SMILES string of the molecule is CC1Cc2cc(N)ccc2N1C(=O)c1ccoc1Br. The van der Waals surface area contributed by atoms with Crippen LogP contribution in [0.25, 0.3) is 0 Å². The number of anilines is 2. The summed E-state index contributed by atoms with van der Waals surface area (Å²) in [5.41, 5.74) is 9.10. The summed E-state index contributed by atoms with van der Waals surface area (Å²) < 4.78 is 5.60. The largest absolute Gasteiger partial charge is 0.457 e. The number of carbonyl (C=O) groups is 1. The lowest BCUT2D eigenvalue weighted by molar-refractivity contribution is 0.0980. The zero-order valence-electron chi connectivity index (χ0n) is 10.4. The summed E-state index contributed by atoms with van der Waals surface area (Å²) in [6.07, 6.45) is 2.32. The van der Waals surface area contributed by atoms with Gasteiger partial charge in [-0.2, -0.15) is 0 Å². The molecule has 1 unspecified atom stereocenters.